The van der Waals surface area contributed by atoms with Crippen LogP contribution < -0.4 is 18.9 Å². The van der Waals surface area contributed by atoms with Crippen LogP contribution in [0.4, 0.5) is 0 Å². The number of fused-ring (bicyclic) bond motifs is 9. The average molecular weight is 1290 g/mol. The predicted molar refractivity (Wildman–Crippen MR) is 365 cm³/mol. The van der Waals surface area contributed by atoms with Gasteiger partial charge >= 0.3 is 0 Å². The molecule has 6 aromatic carbocycles. The van der Waals surface area contributed by atoms with Crippen molar-refractivity contribution in [1.29, 1.82) is 0 Å². The smallest absolute Gasteiger partial charge is 0.119 e. The summed E-state index contributed by atoms with van der Waals surface area (Å²) >= 11 is 12.0. The van der Waals surface area contributed by atoms with Gasteiger partial charge in [0, 0.05) is 29.8 Å². The lowest BCUT2D eigenvalue weighted by Crippen LogP contribution is -2.28. The molecule has 0 atom stereocenters. The van der Waals surface area contributed by atoms with Crippen molar-refractivity contribution in [1.82, 2.24) is 0 Å². The van der Waals surface area contributed by atoms with Crippen LogP contribution in [-0.2, 0) is 10.8 Å². The summed E-state index contributed by atoms with van der Waals surface area (Å²) < 4.78 is 30.8. The number of ether oxygens (including phenoxy) is 4. The summed E-state index contributed by atoms with van der Waals surface area (Å²) in [4.78, 5) is 2.71. The maximum Gasteiger partial charge on any atom is 0.119 e. The molecule has 2 aliphatic carbocycles. The third kappa shape index (κ3) is 13.6. The molecule has 8 heteroatoms. The molecule has 84 heavy (non-hydrogen) atoms. The quantitative estimate of drug-likeness (QED) is 0.0367. The Balaban J connectivity index is 1.08. The zero-order valence-corrected chi connectivity index (χ0v) is 55.5. The molecule has 0 aliphatic heterocycles. The first-order valence-corrected chi connectivity index (χ1v) is 35.7. The second kappa shape index (κ2) is 30.7. The molecule has 0 amide bonds. The number of hydrogen-bond donors (Lipinski definition) is 0. The van der Waals surface area contributed by atoms with Crippen molar-refractivity contribution in [3.05, 3.63) is 186 Å². The van der Waals surface area contributed by atoms with Crippen molar-refractivity contribution in [3.63, 3.8) is 0 Å². The van der Waals surface area contributed by atoms with E-state index < -0.39 is 10.8 Å². The minimum atomic E-state index is -0.616. The van der Waals surface area contributed by atoms with E-state index in [-0.39, 0.29) is 0 Å². The largest absolute Gasteiger partial charge is 0.494 e. The van der Waals surface area contributed by atoms with Gasteiger partial charge in [0.05, 0.1) is 46.7 Å². The van der Waals surface area contributed by atoms with E-state index in [1.165, 1.54) is 203 Å². The normalized spacial score (nSPS) is 13.5. The Bertz CT molecular complexity index is 2970. The van der Waals surface area contributed by atoms with E-state index in [1.54, 1.807) is 0 Å². The standard InChI is InChI=1S/C76H90Br2O4S2/c1-5-9-13-17-21-25-49-79-61-39-29-55(30-40-61)75(56-31-41-62(42-32-56)80-50-26-22-18-14-10-6-2)67-53-59(77)37-47-65(67)69-71-72(83-73(69)75)70-66-48-38-60(78)54-68(66)76(74(70)84-71,57-33-43-63(44-34-57)81-51-27-23-19-15-11-7-3)58-35-45-64(46-36-58)82-52-28-24-20-16-12-8-4/h29-48,53-54H,5-28,49-52H2,1-4H3. The molecular weight excluding hydrogens is 1200 g/mol. The fourth-order valence-electron chi connectivity index (χ4n) is 13.3. The maximum absolute atomic E-state index is 6.49. The monoisotopic (exact) mass is 1290 g/mol. The van der Waals surface area contributed by atoms with Crippen LogP contribution in [0.15, 0.2) is 142 Å². The fourth-order valence-corrected chi connectivity index (χ4v) is 17.4. The summed E-state index contributed by atoms with van der Waals surface area (Å²) in [6.07, 6.45) is 29.7. The van der Waals surface area contributed by atoms with Crippen molar-refractivity contribution in [2.45, 2.75) is 193 Å². The second-order valence-electron chi connectivity index (χ2n) is 23.7. The third-order valence-corrected chi connectivity index (χ3v) is 21.5. The minimum absolute atomic E-state index is 0.616. The van der Waals surface area contributed by atoms with Crippen molar-refractivity contribution >= 4 is 63.9 Å². The summed E-state index contributed by atoms with van der Waals surface area (Å²) in [6, 6.07) is 50.5. The fraction of sp³-hybridized carbons (Fsp3) is 0.447. The minimum Gasteiger partial charge on any atom is -0.494 e. The van der Waals surface area contributed by atoms with Crippen LogP contribution in [0.5, 0.6) is 23.0 Å². The molecule has 0 unspecified atom stereocenters. The number of thiophene rings is 2. The van der Waals surface area contributed by atoms with E-state index in [9.17, 15) is 0 Å². The van der Waals surface area contributed by atoms with Gasteiger partial charge in [-0.15, -0.1) is 22.7 Å². The highest BCUT2D eigenvalue weighted by molar-refractivity contribution is 9.10. The number of unbranched alkanes of at least 4 members (excludes halogenated alkanes) is 20. The Morgan fingerprint density at radius 1 is 0.310 bits per heavy atom. The predicted octanol–water partition coefficient (Wildman–Crippen LogP) is 24.2. The van der Waals surface area contributed by atoms with Crippen LogP contribution in [-0.4, -0.2) is 26.4 Å². The topological polar surface area (TPSA) is 36.9 Å². The zero-order valence-electron chi connectivity index (χ0n) is 50.7. The highest BCUT2D eigenvalue weighted by Gasteiger charge is 2.53. The lowest BCUT2D eigenvalue weighted by atomic mass is 9.70. The average Bonchev–Trinajstić information content (AvgIpc) is 2.01. The van der Waals surface area contributed by atoms with Crippen LogP contribution in [0.25, 0.3) is 31.7 Å². The van der Waals surface area contributed by atoms with Crippen molar-refractivity contribution < 1.29 is 18.9 Å². The third-order valence-electron chi connectivity index (χ3n) is 17.7. The van der Waals surface area contributed by atoms with E-state index in [2.05, 4.69) is 193 Å². The molecular formula is C76H90Br2O4S2. The van der Waals surface area contributed by atoms with Crippen molar-refractivity contribution in [2.24, 2.45) is 0 Å². The van der Waals surface area contributed by atoms with E-state index >= 15 is 0 Å². The molecule has 2 heterocycles. The van der Waals surface area contributed by atoms with Gasteiger partial charge in [-0.3, -0.25) is 0 Å². The van der Waals surface area contributed by atoms with Crippen LogP contribution in [0, 0.1) is 0 Å². The molecule has 2 aliphatic rings. The molecule has 0 saturated carbocycles. The lowest BCUT2D eigenvalue weighted by Gasteiger charge is -2.33. The lowest BCUT2D eigenvalue weighted by molar-refractivity contribution is 0.304. The highest BCUT2D eigenvalue weighted by Crippen LogP contribution is 2.68. The van der Waals surface area contributed by atoms with Gasteiger partial charge in [0.25, 0.3) is 0 Å². The summed E-state index contributed by atoms with van der Waals surface area (Å²) in [5.74, 6) is 3.69. The van der Waals surface area contributed by atoms with Gasteiger partial charge in [-0.05, 0) is 143 Å². The molecule has 0 N–H and O–H groups in total. The Labute approximate surface area is 528 Å². The molecule has 0 radical (unpaired) electrons. The first kappa shape index (κ1) is 62.2. The Morgan fingerprint density at radius 2 is 0.560 bits per heavy atom. The number of halogens is 2. The number of benzene rings is 6. The van der Waals surface area contributed by atoms with Crippen LogP contribution >= 0.6 is 54.5 Å². The van der Waals surface area contributed by atoms with E-state index in [1.807, 2.05) is 22.7 Å². The second-order valence-corrected chi connectivity index (χ2v) is 27.6. The number of rotatable bonds is 36. The molecule has 8 aromatic rings. The molecule has 10 rings (SSSR count). The summed E-state index contributed by atoms with van der Waals surface area (Å²) in [5.41, 5.74) is 11.5. The molecule has 0 spiro atoms. The van der Waals surface area contributed by atoms with Crippen LogP contribution in [0.3, 0.4) is 0 Å². The summed E-state index contributed by atoms with van der Waals surface area (Å²) in [6.45, 7) is 12.0. The summed E-state index contributed by atoms with van der Waals surface area (Å²) in [5, 5.41) is 0. The molecule has 0 bridgehead atoms. The van der Waals surface area contributed by atoms with E-state index in [0.29, 0.717) is 0 Å². The van der Waals surface area contributed by atoms with Crippen LogP contribution in [0.2, 0.25) is 0 Å². The van der Waals surface area contributed by atoms with Gasteiger partial charge in [-0.25, -0.2) is 0 Å². The summed E-state index contributed by atoms with van der Waals surface area (Å²) in [7, 11) is 0. The Morgan fingerprint density at radius 3 is 0.821 bits per heavy atom. The van der Waals surface area contributed by atoms with Crippen molar-refractivity contribution in [3.8, 4) is 45.3 Å². The molecule has 0 saturated heterocycles. The van der Waals surface area contributed by atoms with Gasteiger partial charge in [0.1, 0.15) is 23.0 Å². The molecule has 444 valence electrons. The van der Waals surface area contributed by atoms with Gasteiger partial charge in [0.15, 0.2) is 0 Å². The van der Waals surface area contributed by atoms with Gasteiger partial charge < -0.3 is 18.9 Å². The molecule has 4 nitrogen and oxygen atoms in total. The SMILES string of the molecule is CCCCCCCCOc1ccc(C2(c3ccc(OCCCCCCCC)cc3)c3cc(Br)ccc3-c3c2sc2c4c(sc32)C(c2ccc(OCCCCCCCC)cc2)(c2ccc(OCCCCCCCC)cc2)c2cc(Br)ccc2-4)cc1. The van der Waals surface area contributed by atoms with Crippen LogP contribution in [0.1, 0.15) is 225 Å². The van der Waals surface area contributed by atoms with Gasteiger partial charge in [0.2, 0.25) is 0 Å². The van der Waals surface area contributed by atoms with Crippen molar-refractivity contribution in [2.75, 3.05) is 26.4 Å². The van der Waals surface area contributed by atoms with E-state index in [0.717, 1.165) is 84.1 Å². The highest BCUT2D eigenvalue weighted by atomic mass is 79.9. The van der Waals surface area contributed by atoms with Gasteiger partial charge in [-0.2, -0.15) is 0 Å². The maximum atomic E-state index is 6.49. The van der Waals surface area contributed by atoms with Gasteiger partial charge in [-0.1, -0.05) is 249 Å². The Hall–Kier alpha value is -4.86. The molecule has 0 fully saturated rings. The number of hydrogen-bond acceptors (Lipinski definition) is 6. The molecule has 2 aromatic heterocycles. The first-order chi connectivity index (χ1) is 41.4. The first-order valence-electron chi connectivity index (χ1n) is 32.5. The Kier molecular flexibility index (Phi) is 22.7. The zero-order chi connectivity index (χ0) is 58.1. The van der Waals surface area contributed by atoms with E-state index in [4.69, 9.17) is 18.9 Å².